The number of nitrogens with one attached hydrogen (secondary N) is 1. The van der Waals surface area contributed by atoms with Crippen molar-refractivity contribution in [3.8, 4) is 0 Å². The smallest absolute Gasteiger partial charge is 0.0456 e. The lowest BCUT2D eigenvalue weighted by Gasteiger charge is -2.17. The highest BCUT2D eigenvalue weighted by molar-refractivity contribution is 9.10. The summed E-state index contributed by atoms with van der Waals surface area (Å²) in [7, 11) is 0. The number of fused-ring (bicyclic) bond motifs is 1. The number of rotatable bonds is 4. The summed E-state index contributed by atoms with van der Waals surface area (Å²) in [5.41, 5.74) is 14.0. The lowest BCUT2D eigenvalue weighted by atomic mass is 9.96. The molecule has 0 aliphatic rings. The summed E-state index contributed by atoms with van der Waals surface area (Å²) < 4.78 is 1.09. The van der Waals surface area contributed by atoms with Crippen LogP contribution in [-0.2, 0) is 0 Å². The van der Waals surface area contributed by atoms with Gasteiger partial charge in [-0.15, -0.1) is 0 Å². The van der Waals surface area contributed by atoms with E-state index >= 15 is 0 Å². The van der Waals surface area contributed by atoms with Gasteiger partial charge in [0.2, 0.25) is 0 Å². The van der Waals surface area contributed by atoms with Gasteiger partial charge >= 0.3 is 0 Å². The molecule has 5 N–H and O–H groups in total. The van der Waals surface area contributed by atoms with Crippen LogP contribution in [0.1, 0.15) is 25.0 Å². The number of hydrogen-bond acceptors (Lipinski definition) is 2. The molecule has 1 aromatic heterocycles. The molecule has 1 heterocycles. The molecule has 0 bridgehead atoms. The second-order valence-corrected chi connectivity index (χ2v) is 5.40. The molecule has 2 atom stereocenters. The van der Waals surface area contributed by atoms with Gasteiger partial charge in [0.05, 0.1) is 0 Å². The van der Waals surface area contributed by atoms with Crippen molar-refractivity contribution < 1.29 is 0 Å². The zero-order valence-corrected chi connectivity index (χ0v) is 11.5. The van der Waals surface area contributed by atoms with Crippen molar-refractivity contribution in [2.75, 3.05) is 6.54 Å². The highest BCUT2D eigenvalue weighted by atomic mass is 79.9. The molecular weight excluding hydrogens is 278 g/mol. The van der Waals surface area contributed by atoms with Gasteiger partial charge in [0.1, 0.15) is 0 Å². The predicted molar refractivity (Wildman–Crippen MR) is 76.1 cm³/mol. The molecule has 4 heteroatoms. The average Bonchev–Trinajstić information content (AvgIpc) is 2.71. The summed E-state index contributed by atoms with van der Waals surface area (Å²) in [5.74, 6) is 0.296. The van der Waals surface area contributed by atoms with Crippen molar-refractivity contribution in [2.24, 2.45) is 11.5 Å². The molecule has 0 saturated carbocycles. The van der Waals surface area contributed by atoms with Gasteiger partial charge in [-0.3, -0.25) is 0 Å². The van der Waals surface area contributed by atoms with Crippen LogP contribution in [0.2, 0.25) is 0 Å². The fourth-order valence-corrected chi connectivity index (χ4v) is 2.42. The van der Waals surface area contributed by atoms with Gasteiger partial charge < -0.3 is 16.5 Å². The number of aromatic nitrogens is 1. The van der Waals surface area contributed by atoms with Crippen LogP contribution >= 0.6 is 15.9 Å². The van der Waals surface area contributed by atoms with E-state index in [9.17, 15) is 0 Å². The van der Waals surface area contributed by atoms with Crippen LogP contribution in [0.25, 0.3) is 10.9 Å². The minimum Gasteiger partial charge on any atom is -0.358 e. The highest BCUT2D eigenvalue weighted by Gasteiger charge is 2.16. The Bertz CT molecular complexity index is 506. The van der Waals surface area contributed by atoms with Gasteiger partial charge in [0, 0.05) is 33.0 Å². The van der Waals surface area contributed by atoms with E-state index < -0.39 is 0 Å². The predicted octanol–water partition coefficient (Wildman–Crippen LogP) is 2.71. The Labute approximate surface area is 110 Å². The molecular formula is C13H18BrN3. The van der Waals surface area contributed by atoms with Crippen LogP contribution in [-0.4, -0.2) is 17.6 Å². The number of aromatic amines is 1. The number of benzene rings is 1. The Balaban J connectivity index is 2.29. The normalized spacial score (nSPS) is 15.1. The largest absolute Gasteiger partial charge is 0.358 e. The first-order valence-corrected chi connectivity index (χ1v) is 6.65. The van der Waals surface area contributed by atoms with Gasteiger partial charge in [-0.25, -0.2) is 0 Å². The molecule has 0 spiro atoms. The first kappa shape index (κ1) is 12.6. The molecule has 2 rings (SSSR count). The number of nitrogens with two attached hydrogens (primary N) is 2. The van der Waals surface area contributed by atoms with Crippen molar-refractivity contribution in [3.05, 3.63) is 34.4 Å². The Hall–Kier alpha value is -0.840. The lowest BCUT2D eigenvalue weighted by Crippen LogP contribution is -2.29. The topological polar surface area (TPSA) is 67.8 Å². The van der Waals surface area contributed by atoms with Crippen LogP contribution < -0.4 is 11.5 Å². The van der Waals surface area contributed by atoms with Gasteiger partial charge in [-0.05, 0) is 37.2 Å². The zero-order valence-electron chi connectivity index (χ0n) is 9.91. The maximum Gasteiger partial charge on any atom is 0.0456 e. The molecule has 0 aliphatic heterocycles. The van der Waals surface area contributed by atoms with E-state index in [0.29, 0.717) is 12.5 Å². The van der Waals surface area contributed by atoms with Gasteiger partial charge in [0.25, 0.3) is 0 Å². The van der Waals surface area contributed by atoms with E-state index in [0.717, 1.165) is 16.4 Å². The minimum absolute atomic E-state index is 0.108. The SMILES string of the molecule is CC(c1cc2cc(Br)ccc2[nH]1)C(N)CCN. The summed E-state index contributed by atoms with van der Waals surface area (Å²) >= 11 is 3.48. The van der Waals surface area contributed by atoms with Crippen molar-refractivity contribution in [3.63, 3.8) is 0 Å². The average molecular weight is 296 g/mol. The number of hydrogen-bond donors (Lipinski definition) is 3. The number of H-pyrrole nitrogens is 1. The summed E-state index contributed by atoms with van der Waals surface area (Å²) in [6.07, 6.45) is 0.847. The molecule has 0 aliphatic carbocycles. The Morgan fingerprint density at radius 2 is 2.12 bits per heavy atom. The first-order valence-electron chi connectivity index (χ1n) is 5.85. The first-order chi connectivity index (χ1) is 8.11. The fraction of sp³-hybridized carbons (Fsp3) is 0.385. The summed E-state index contributed by atoms with van der Waals surface area (Å²) in [6, 6.07) is 8.49. The van der Waals surface area contributed by atoms with Gasteiger partial charge in [-0.1, -0.05) is 22.9 Å². The fourth-order valence-electron chi connectivity index (χ4n) is 2.04. The highest BCUT2D eigenvalue weighted by Crippen LogP contribution is 2.26. The van der Waals surface area contributed by atoms with Crippen molar-refractivity contribution >= 4 is 26.8 Å². The Kier molecular flexibility index (Phi) is 3.86. The van der Waals surface area contributed by atoms with E-state index in [4.69, 9.17) is 11.5 Å². The van der Waals surface area contributed by atoms with Crippen molar-refractivity contribution in [1.29, 1.82) is 0 Å². The summed E-state index contributed by atoms with van der Waals surface area (Å²) in [6.45, 7) is 2.78. The molecule has 0 fully saturated rings. The van der Waals surface area contributed by atoms with Crippen LogP contribution in [0, 0.1) is 0 Å². The molecule has 0 radical (unpaired) electrons. The molecule has 92 valence electrons. The molecule has 3 nitrogen and oxygen atoms in total. The quantitative estimate of drug-likeness (QED) is 0.812. The summed E-state index contributed by atoms with van der Waals surface area (Å²) in [5, 5.41) is 1.21. The Morgan fingerprint density at radius 3 is 2.82 bits per heavy atom. The second kappa shape index (κ2) is 5.21. The maximum absolute atomic E-state index is 6.10. The van der Waals surface area contributed by atoms with Crippen molar-refractivity contribution in [1.82, 2.24) is 4.98 Å². The molecule has 0 amide bonds. The zero-order chi connectivity index (χ0) is 12.4. The molecule has 0 saturated heterocycles. The molecule has 2 aromatic rings. The van der Waals surface area contributed by atoms with Crippen LogP contribution in [0.4, 0.5) is 0 Å². The monoisotopic (exact) mass is 295 g/mol. The second-order valence-electron chi connectivity index (χ2n) is 4.49. The minimum atomic E-state index is 0.108. The van der Waals surface area contributed by atoms with Crippen molar-refractivity contribution in [2.45, 2.75) is 25.3 Å². The van der Waals surface area contributed by atoms with Crippen LogP contribution in [0.15, 0.2) is 28.7 Å². The maximum atomic E-state index is 6.10. The standard InChI is InChI=1S/C13H18BrN3/c1-8(11(16)4-5-15)13-7-9-6-10(14)2-3-12(9)17-13/h2-3,6-8,11,17H,4-5,15-16H2,1H3. The van der Waals surface area contributed by atoms with E-state index in [1.54, 1.807) is 0 Å². The lowest BCUT2D eigenvalue weighted by molar-refractivity contribution is 0.528. The van der Waals surface area contributed by atoms with E-state index in [1.165, 1.54) is 11.1 Å². The van der Waals surface area contributed by atoms with Crippen LogP contribution in [0.5, 0.6) is 0 Å². The van der Waals surface area contributed by atoms with E-state index in [-0.39, 0.29) is 6.04 Å². The third-order valence-electron chi connectivity index (χ3n) is 3.24. The molecule has 2 unspecified atom stereocenters. The van der Waals surface area contributed by atoms with E-state index in [2.05, 4.69) is 46.0 Å². The third-order valence-corrected chi connectivity index (χ3v) is 3.73. The van der Waals surface area contributed by atoms with Gasteiger partial charge in [0.15, 0.2) is 0 Å². The third kappa shape index (κ3) is 2.70. The van der Waals surface area contributed by atoms with Crippen LogP contribution in [0.3, 0.4) is 0 Å². The van der Waals surface area contributed by atoms with E-state index in [1.807, 2.05) is 6.07 Å². The summed E-state index contributed by atoms with van der Waals surface area (Å²) in [4.78, 5) is 3.42. The Morgan fingerprint density at radius 1 is 1.35 bits per heavy atom. The molecule has 17 heavy (non-hydrogen) atoms. The van der Waals surface area contributed by atoms with Gasteiger partial charge in [-0.2, -0.15) is 0 Å². The molecule has 1 aromatic carbocycles. The number of halogens is 1.